The fourth-order valence-corrected chi connectivity index (χ4v) is 2.69. The minimum atomic E-state index is -0.0920. The normalized spacial score (nSPS) is 22.9. The van der Waals surface area contributed by atoms with Gasteiger partial charge in [0.25, 0.3) is 0 Å². The summed E-state index contributed by atoms with van der Waals surface area (Å²) in [4.78, 5) is 14.2. The maximum absolute atomic E-state index is 12.4. The lowest BCUT2D eigenvalue weighted by atomic mass is 10.1. The molecule has 1 heterocycles. The van der Waals surface area contributed by atoms with Crippen LogP contribution in [-0.4, -0.2) is 42.0 Å². The Morgan fingerprint density at radius 1 is 1.40 bits per heavy atom. The van der Waals surface area contributed by atoms with E-state index in [9.17, 15) is 4.79 Å². The molecule has 0 N–H and O–H groups in total. The standard InChI is InChI=1S/C14H16Cl3NO2/c1-9-8-20-11(6-15)7-18(9)14(19)5-10-2-3-12(16)13(17)4-10/h2-4,9,11H,5-8H2,1H3. The minimum Gasteiger partial charge on any atom is -0.373 e. The number of carbonyl (C=O) groups excluding carboxylic acids is 1. The number of ether oxygens (including phenoxy) is 1. The Labute approximate surface area is 133 Å². The van der Waals surface area contributed by atoms with E-state index in [1.54, 1.807) is 12.1 Å². The Kier molecular flexibility index (Phi) is 5.56. The summed E-state index contributed by atoms with van der Waals surface area (Å²) in [6.07, 6.45) is 0.210. The van der Waals surface area contributed by atoms with E-state index in [1.807, 2.05) is 17.9 Å². The van der Waals surface area contributed by atoms with Crippen LogP contribution in [0.1, 0.15) is 12.5 Å². The van der Waals surface area contributed by atoms with E-state index in [0.717, 1.165) is 5.56 Å². The summed E-state index contributed by atoms with van der Waals surface area (Å²) in [5.41, 5.74) is 0.852. The number of hydrogen-bond donors (Lipinski definition) is 0. The lowest BCUT2D eigenvalue weighted by Crippen LogP contribution is -2.52. The largest absolute Gasteiger partial charge is 0.373 e. The molecule has 1 aromatic rings. The molecule has 1 aromatic carbocycles. The highest BCUT2D eigenvalue weighted by atomic mass is 35.5. The van der Waals surface area contributed by atoms with E-state index in [-0.39, 0.29) is 18.1 Å². The monoisotopic (exact) mass is 335 g/mol. The van der Waals surface area contributed by atoms with Crippen LogP contribution >= 0.6 is 34.8 Å². The molecule has 0 bridgehead atoms. The van der Waals surface area contributed by atoms with Gasteiger partial charge in [0.05, 0.1) is 41.1 Å². The lowest BCUT2D eigenvalue weighted by Gasteiger charge is -2.37. The molecule has 1 saturated heterocycles. The van der Waals surface area contributed by atoms with Crippen LogP contribution in [0.5, 0.6) is 0 Å². The van der Waals surface area contributed by atoms with Crippen molar-refractivity contribution in [2.75, 3.05) is 19.0 Å². The van der Waals surface area contributed by atoms with Crippen LogP contribution < -0.4 is 0 Å². The number of nitrogens with zero attached hydrogens (tertiary/aromatic N) is 1. The number of benzene rings is 1. The molecule has 1 aliphatic rings. The lowest BCUT2D eigenvalue weighted by molar-refractivity contribution is -0.142. The second kappa shape index (κ2) is 6.99. The predicted octanol–water partition coefficient (Wildman–Crippen LogP) is 3.39. The fourth-order valence-electron chi connectivity index (χ4n) is 2.18. The molecule has 2 unspecified atom stereocenters. The van der Waals surface area contributed by atoms with Crippen LogP contribution in [0.2, 0.25) is 10.0 Å². The number of carbonyl (C=O) groups is 1. The highest BCUT2D eigenvalue weighted by molar-refractivity contribution is 6.42. The summed E-state index contributed by atoms with van der Waals surface area (Å²) in [6.45, 7) is 3.02. The van der Waals surface area contributed by atoms with Crippen molar-refractivity contribution in [1.29, 1.82) is 0 Å². The van der Waals surface area contributed by atoms with Gasteiger partial charge in [-0.3, -0.25) is 4.79 Å². The fraction of sp³-hybridized carbons (Fsp3) is 0.500. The Hall–Kier alpha value is -0.480. The number of rotatable bonds is 3. The average Bonchev–Trinajstić information content (AvgIpc) is 2.43. The first kappa shape index (κ1) is 15.9. The van der Waals surface area contributed by atoms with Crippen molar-refractivity contribution in [2.24, 2.45) is 0 Å². The summed E-state index contributed by atoms with van der Waals surface area (Å²) >= 11 is 17.6. The molecule has 0 aromatic heterocycles. The molecule has 2 atom stereocenters. The Morgan fingerprint density at radius 2 is 2.15 bits per heavy atom. The molecule has 1 amide bonds. The summed E-state index contributed by atoms with van der Waals surface area (Å²) in [7, 11) is 0. The maximum Gasteiger partial charge on any atom is 0.227 e. The van der Waals surface area contributed by atoms with Gasteiger partial charge in [-0.2, -0.15) is 0 Å². The molecule has 6 heteroatoms. The molecule has 0 spiro atoms. The van der Waals surface area contributed by atoms with Crippen molar-refractivity contribution in [3.63, 3.8) is 0 Å². The third kappa shape index (κ3) is 3.79. The van der Waals surface area contributed by atoms with E-state index in [1.165, 1.54) is 0 Å². The zero-order valence-corrected chi connectivity index (χ0v) is 13.4. The quantitative estimate of drug-likeness (QED) is 0.792. The van der Waals surface area contributed by atoms with Crippen molar-refractivity contribution in [3.8, 4) is 0 Å². The summed E-state index contributed by atoms with van der Waals surface area (Å²) in [5, 5.41) is 0.954. The van der Waals surface area contributed by atoms with E-state index in [4.69, 9.17) is 39.5 Å². The summed E-state index contributed by atoms with van der Waals surface area (Å²) in [6, 6.07) is 5.31. The maximum atomic E-state index is 12.4. The van der Waals surface area contributed by atoms with Crippen molar-refractivity contribution in [2.45, 2.75) is 25.5 Å². The van der Waals surface area contributed by atoms with Gasteiger partial charge in [-0.05, 0) is 24.6 Å². The third-order valence-electron chi connectivity index (χ3n) is 3.34. The summed E-state index contributed by atoms with van der Waals surface area (Å²) < 4.78 is 5.54. The molecule has 3 nitrogen and oxygen atoms in total. The minimum absolute atomic E-state index is 0.0503. The number of halogens is 3. The van der Waals surface area contributed by atoms with Gasteiger partial charge in [0.1, 0.15) is 0 Å². The van der Waals surface area contributed by atoms with Crippen molar-refractivity contribution >= 4 is 40.7 Å². The second-order valence-electron chi connectivity index (χ2n) is 4.93. The van der Waals surface area contributed by atoms with Crippen LogP contribution in [0.15, 0.2) is 18.2 Å². The van der Waals surface area contributed by atoms with Crippen LogP contribution in [0.4, 0.5) is 0 Å². The van der Waals surface area contributed by atoms with Gasteiger partial charge in [-0.1, -0.05) is 29.3 Å². The Morgan fingerprint density at radius 3 is 2.80 bits per heavy atom. The average molecular weight is 337 g/mol. The molecule has 20 heavy (non-hydrogen) atoms. The van der Waals surface area contributed by atoms with E-state index in [2.05, 4.69) is 0 Å². The summed E-state index contributed by atoms with van der Waals surface area (Å²) in [5.74, 6) is 0.442. The molecule has 1 fully saturated rings. The van der Waals surface area contributed by atoms with Gasteiger partial charge in [-0.25, -0.2) is 0 Å². The van der Waals surface area contributed by atoms with Gasteiger partial charge in [0, 0.05) is 6.54 Å². The zero-order chi connectivity index (χ0) is 14.7. The topological polar surface area (TPSA) is 29.5 Å². The van der Waals surface area contributed by atoms with E-state index < -0.39 is 0 Å². The molecule has 0 aliphatic carbocycles. The van der Waals surface area contributed by atoms with Crippen LogP contribution in [0.25, 0.3) is 0 Å². The SMILES string of the molecule is CC1COC(CCl)CN1C(=O)Cc1ccc(Cl)c(Cl)c1. The highest BCUT2D eigenvalue weighted by Gasteiger charge is 2.29. The molecule has 110 valence electrons. The van der Waals surface area contributed by atoms with Gasteiger partial charge in [0.2, 0.25) is 5.91 Å². The van der Waals surface area contributed by atoms with E-state index in [0.29, 0.717) is 35.5 Å². The molecular weight excluding hydrogens is 321 g/mol. The molecule has 0 radical (unpaired) electrons. The van der Waals surface area contributed by atoms with Gasteiger partial charge >= 0.3 is 0 Å². The van der Waals surface area contributed by atoms with Gasteiger partial charge < -0.3 is 9.64 Å². The number of alkyl halides is 1. The Bertz CT molecular complexity index is 495. The molecule has 2 rings (SSSR count). The number of amides is 1. The van der Waals surface area contributed by atoms with Gasteiger partial charge in [-0.15, -0.1) is 11.6 Å². The van der Waals surface area contributed by atoms with Crippen LogP contribution in [0.3, 0.4) is 0 Å². The molecular formula is C14H16Cl3NO2. The highest BCUT2D eigenvalue weighted by Crippen LogP contribution is 2.23. The Balaban J connectivity index is 2.04. The molecule has 0 saturated carbocycles. The van der Waals surface area contributed by atoms with Crippen molar-refractivity contribution < 1.29 is 9.53 Å². The smallest absolute Gasteiger partial charge is 0.227 e. The number of morpholine rings is 1. The predicted molar refractivity (Wildman–Crippen MR) is 81.8 cm³/mol. The third-order valence-corrected chi connectivity index (χ3v) is 4.42. The van der Waals surface area contributed by atoms with Crippen LogP contribution in [-0.2, 0) is 16.0 Å². The first-order valence-electron chi connectivity index (χ1n) is 6.42. The van der Waals surface area contributed by atoms with Crippen molar-refractivity contribution in [3.05, 3.63) is 33.8 Å². The molecule has 1 aliphatic heterocycles. The van der Waals surface area contributed by atoms with Gasteiger partial charge in [0.15, 0.2) is 0 Å². The first-order chi connectivity index (χ1) is 9.51. The number of hydrogen-bond acceptors (Lipinski definition) is 2. The first-order valence-corrected chi connectivity index (χ1v) is 7.71. The van der Waals surface area contributed by atoms with Crippen LogP contribution in [0, 0.1) is 0 Å². The van der Waals surface area contributed by atoms with Crippen molar-refractivity contribution in [1.82, 2.24) is 4.90 Å². The van der Waals surface area contributed by atoms with E-state index >= 15 is 0 Å². The zero-order valence-electron chi connectivity index (χ0n) is 11.1. The second-order valence-corrected chi connectivity index (χ2v) is 6.05.